The van der Waals surface area contributed by atoms with Gasteiger partial charge in [0.2, 0.25) is 10.0 Å². The smallest absolute Gasteiger partial charge is 0.247 e. The molecule has 1 aromatic rings. The van der Waals surface area contributed by atoms with Crippen molar-refractivity contribution < 1.29 is 18.3 Å². The van der Waals surface area contributed by atoms with Gasteiger partial charge in [0, 0.05) is 36.5 Å². The van der Waals surface area contributed by atoms with Crippen LogP contribution in [0.1, 0.15) is 51.5 Å². The number of aliphatic hydroxyl groups is 1. The molecule has 3 rings (SSSR count). The molecule has 172 valence electrons. The number of nitrogens with zero attached hydrogens (tertiary/aromatic N) is 2. The summed E-state index contributed by atoms with van der Waals surface area (Å²) in [4.78, 5) is 2.19. The van der Waals surface area contributed by atoms with Gasteiger partial charge < -0.3 is 14.7 Å². The highest BCUT2D eigenvalue weighted by Gasteiger charge is 2.37. The minimum atomic E-state index is -3.80. The van der Waals surface area contributed by atoms with Crippen LogP contribution < -0.4 is 4.74 Å². The summed E-state index contributed by atoms with van der Waals surface area (Å²) in [6.45, 7) is 4.46. The van der Waals surface area contributed by atoms with Crippen LogP contribution in [0, 0.1) is 23.7 Å². The van der Waals surface area contributed by atoms with E-state index in [1.165, 1.54) is 23.6 Å². The van der Waals surface area contributed by atoms with Crippen molar-refractivity contribution in [3.63, 3.8) is 0 Å². The molecule has 0 aromatic heterocycles. The quantitative estimate of drug-likeness (QED) is 0.717. The van der Waals surface area contributed by atoms with E-state index in [0.29, 0.717) is 24.8 Å². The van der Waals surface area contributed by atoms with E-state index in [0.717, 1.165) is 18.4 Å². The summed E-state index contributed by atoms with van der Waals surface area (Å²) in [5.74, 6) is 7.35. The molecule has 0 saturated heterocycles. The topological polar surface area (TPSA) is 70.1 Å². The first-order valence-electron chi connectivity index (χ1n) is 11.3. The van der Waals surface area contributed by atoms with Gasteiger partial charge in [-0.3, -0.25) is 0 Å². The van der Waals surface area contributed by atoms with Crippen molar-refractivity contribution in [3.05, 3.63) is 23.8 Å². The monoisotopic (exact) mass is 448 g/mol. The second-order valence-corrected chi connectivity index (χ2v) is 11.1. The summed E-state index contributed by atoms with van der Waals surface area (Å²) in [6, 6.07) is 4.63. The Morgan fingerprint density at radius 1 is 1.26 bits per heavy atom. The molecule has 6 nitrogen and oxygen atoms in total. The number of likely N-dealkylation sites (N-methyl/N-ethyl adjacent to an activating group) is 1. The summed E-state index contributed by atoms with van der Waals surface area (Å²) in [5.41, 5.74) is 0.776. The van der Waals surface area contributed by atoms with E-state index in [1.54, 1.807) is 25.1 Å². The molecule has 1 N–H and O–H groups in total. The van der Waals surface area contributed by atoms with Crippen LogP contribution >= 0.6 is 0 Å². The number of aliphatic hydroxyl groups excluding tert-OH is 1. The number of rotatable bonds is 4. The van der Waals surface area contributed by atoms with E-state index in [9.17, 15) is 13.5 Å². The van der Waals surface area contributed by atoms with Crippen LogP contribution in [0.15, 0.2) is 23.1 Å². The van der Waals surface area contributed by atoms with Gasteiger partial charge in [0.25, 0.3) is 0 Å². The second-order valence-electron chi connectivity index (χ2n) is 9.27. The SMILES string of the molecule is C[C@H](CO)N1C[C@H](C)[C@@H](CN(C)C)Oc2cc(C#CC3CCCCC3)ccc2S1(=O)=O. The van der Waals surface area contributed by atoms with Gasteiger partial charge in [0.05, 0.1) is 6.61 Å². The highest BCUT2D eigenvalue weighted by Crippen LogP contribution is 2.34. The number of hydrogen-bond acceptors (Lipinski definition) is 5. The average molecular weight is 449 g/mol. The third-order valence-electron chi connectivity index (χ3n) is 6.24. The molecule has 1 aliphatic heterocycles. The van der Waals surface area contributed by atoms with Gasteiger partial charge in [-0.2, -0.15) is 4.31 Å². The van der Waals surface area contributed by atoms with Gasteiger partial charge in [0.1, 0.15) is 16.7 Å². The van der Waals surface area contributed by atoms with Crippen LogP contribution in [-0.2, 0) is 10.0 Å². The van der Waals surface area contributed by atoms with E-state index in [4.69, 9.17) is 4.74 Å². The lowest BCUT2D eigenvalue weighted by Gasteiger charge is -2.37. The summed E-state index contributed by atoms with van der Waals surface area (Å²) >= 11 is 0. The minimum Gasteiger partial charge on any atom is -0.487 e. The van der Waals surface area contributed by atoms with Crippen molar-refractivity contribution in [2.24, 2.45) is 11.8 Å². The first-order chi connectivity index (χ1) is 14.7. The van der Waals surface area contributed by atoms with Gasteiger partial charge in [-0.15, -0.1) is 0 Å². The molecular formula is C24H36N2O4S. The lowest BCUT2D eigenvalue weighted by atomic mass is 9.90. The number of hydrogen-bond donors (Lipinski definition) is 1. The zero-order valence-corrected chi connectivity index (χ0v) is 20.0. The first kappa shape index (κ1) is 24.1. The van der Waals surface area contributed by atoms with Crippen molar-refractivity contribution in [3.8, 4) is 17.6 Å². The highest BCUT2D eigenvalue weighted by atomic mass is 32.2. The van der Waals surface area contributed by atoms with E-state index >= 15 is 0 Å². The van der Waals surface area contributed by atoms with Crippen LogP contribution in [0.3, 0.4) is 0 Å². The van der Waals surface area contributed by atoms with Crippen molar-refractivity contribution in [2.75, 3.05) is 33.8 Å². The molecule has 1 aliphatic carbocycles. The van der Waals surface area contributed by atoms with Crippen LogP contribution in [-0.4, -0.2) is 68.7 Å². The zero-order chi connectivity index (χ0) is 22.6. The van der Waals surface area contributed by atoms with Gasteiger partial charge in [-0.05, 0) is 52.1 Å². The maximum absolute atomic E-state index is 13.5. The number of fused-ring (bicyclic) bond motifs is 1. The summed E-state index contributed by atoms with van der Waals surface area (Å²) in [6.07, 6.45) is 5.84. The Hall–Kier alpha value is -1.59. The third kappa shape index (κ3) is 5.81. The molecule has 31 heavy (non-hydrogen) atoms. The maximum atomic E-state index is 13.5. The standard InChI is InChI=1S/C24H36N2O4S/c1-18-15-26(19(2)17-27)31(28,29)24-13-12-21(11-10-20-8-6-5-7-9-20)14-22(24)30-23(18)16-25(3)4/h12-14,18-20,23,27H,5-9,15-17H2,1-4H3/t18-,19+,23+/m0/s1. The lowest BCUT2D eigenvalue weighted by Crippen LogP contribution is -2.49. The zero-order valence-electron chi connectivity index (χ0n) is 19.2. The average Bonchev–Trinajstić information content (AvgIpc) is 2.74. The molecule has 0 radical (unpaired) electrons. The predicted octanol–water partition coefficient (Wildman–Crippen LogP) is 2.95. The molecule has 0 amide bonds. The largest absolute Gasteiger partial charge is 0.487 e. The van der Waals surface area contributed by atoms with Gasteiger partial charge in [-0.1, -0.05) is 38.0 Å². The molecule has 7 heteroatoms. The van der Waals surface area contributed by atoms with E-state index in [-0.39, 0.29) is 23.5 Å². The Labute approximate surface area is 187 Å². The fraction of sp³-hybridized carbons (Fsp3) is 0.667. The molecule has 1 aromatic carbocycles. The van der Waals surface area contributed by atoms with Crippen LogP contribution in [0.5, 0.6) is 5.75 Å². The summed E-state index contributed by atoms with van der Waals surface area (Å²) in [5, 5.41) is 9.70. The fourth-order valence-corrected chi connectivity index (χ4v) is 6.14. The molecular weight excluding hydrogens is 412 g/mol. The third-order valence-corrected chi connectivity index (χ3v) is 8.26. The van der Waals surface area contributed by atoms with Crippen LogP contribution in [0.4, 0.5) is 0 Å². The van der Waals surface area contributed by atoms with Crippen LogP contribution in [0.2, 0.25) is 0 Å². The molecule has 1 fully saturated rings. The minimum absolute atomic E-state index is 0.0451. The lowest BCUT2D eigenvalue weighted by molar-refractivity contribution is 0.0812. The number of sulfonamides is 1. The predicted molar refractivity (Wildman–Crippen MR) is 122 cm³/mol. The van der Waals surface area contributed by atoms with Crippen molar-refractivity contribution >= 4 is 10.0 Å². The number of ether oxygens (including phenoxy) is 1. The van der Waals surface area contributed by atoms with E-state index < -0.39 is 16.1 Å². The second kappa shape index (κ2) is 10.4. The number of benzene rings is 1. The summed E-state index contributed by atoms with van der Waals surface area (Å²) in [7, 11) is 0.153. The molecule has 0 spiro atoms. The molecule has 0 bridgehead atoms. The normalized spacial score (nSPS) is 25.5. The van der Waals surface area contributed by atoms with Crippen molar-refractivity contribution in [1.82, 2.24) is 9.21 Å². The Kier molecular flexibility index (Phi) is 8.03. The fourth-order valence-electron chi connectivity index (χ4n) is 4.31. The van der Waals surface area contributed by atoms with Crippen molar-refractivity contribution in [1.29, 1.82) is 0 Å². The Morgan fingerprint density at radius 3 is 2.61 bits per heavy atom. The Bertz CT molecular complexity index is 913. The Balaban J connectivity index is 2.01. The molecule has 3 atom stereocenters. The van der Waals surface area contributed by atoms with Gasteiger partial charge in [-0.25, -0.2) is 8.42 Å². The van der Waals surface area contributed by atoms with Crippen LogP contribution in [0.25, 0.3) is 0 Å². The summed E-state index contributed by atoms with van der Waals surface area (Å²) < 4.78 is 34.6. The van der Waals surface area contributed by atoms with E-state index in [1.807, 2.05) is 25.9 Å². The van der Waals surface area contributed by atoms with Gasteiger partial charge in [0.15, 0.2) is 0 Å². The van der Waals surface area contributed by atoms with Gasteiger partial charge >= 0.3 is 0 Å². The highest BCUT2D eigenvalue weighted by molar-refractivity contribution is 7.89. The van der Waals surface area contributed by atoms with Crippen molar-refractivity contribution in [2.45, 2.75) is 63.0 Å². The van der Waals surface area contributed by atoms with E-state index in [2.05, 4.69) is 11.8 Å². The molecule has 1 saturated carbocycles. The molecule has 0 unspecified atom stereocenters. The molecule has 1 heterocycles. The Morgan fingerprint density at radius 2 is 1.97 bits per heavy atom. The first-order valence-corrected chi connectivity index (χ1v) is 12.8. The maximum Gasteiger partial charge on any atom is 0.247 e. The molecule has 2 aliphatic rings.